The van der Waals surface area contributed by atoms with E-state index in [4.69, 9.17) is 11.1 Å². The maximum atomic E-state index is 13.7. The van der Waals surface area contributed by atoms with E-state index in [1.165, 1.54) is 16.8 Å². The topological polar surface area (TPSA) is 80.6 Å². The summed E-state index contributed by atoms with van der Waals surface area (Å²) in [5.74, 6) is -1.21. The van der Waals surface area contributed by atoms with E-state index in [1.54, 1.807) is 18.2 Å². The number of fused-ring (bicyclic) bond motifs is 1. The molecule has 0 atom stereocenters. The highest BCUT2D eigenvalue weighted by Crippen LogP contribution is 2.19. The quantitative estimate of drug-likeness (QED) is 0.575. The van der Waals surface area contributed by atoms with E-state index in [2.05, 4.69) is 10.1 Å². The zero-order valence-electron chi connectivity index (χ0n) is 12.8. The largest absolute Gasteiger partial charge is 0.382 e. The van der Waals surface area contributed by atoms with Crippen LogP contribution >= 0.6 is 0 Å². The number of hydrogen-bond donors (Lipinski definition) is 2. The minimum absolute atomic E-state index is 0.120. The number of benzene rings is 1. The predicted molar refractivity (Wildman–Crippen MR) is 85.4 cm³/mol. The fourth-order valence-corrected chi connectivity index (χ4v) is 2.13. The van der Waals surface area contributed by atoms with Crippen LogP contribution in [-0.2, 0) is 6.54 Å². The van der Waals surface area contributed by atoms with Crippen molar-refractivity contribution in [1.29, 1.82) is 5.41 Å². The van der Waals surface area contributed by atoms with E-state index in [-0.39, 0.29) is 23.9 Å². The maximum Gasteiger partial charge on any atom is 0.159 e. The van der Waals surface area contributed by atoms with Crippen molar-refractivity contribution < 1.29 is 8.78 Å². The Balaban J connectivity index is 0.000000924. The molecule has 23 heavy (non-hydrogen) atoms. The van der Waals surface area contributed by atoms with Gasteiger partial charge < -0.3 is 5.73 Å². The van der Waals surface area contributed by atoms with Crippen molar-refractivity contribution in [2.45, 2.75) is 20.4 Å². The van der Waals surface area contributed by atoms with Crippen LogP contribution in [0, 0.1) is 17.0 Å². The van der Waals surface area contributed by atoms with Gasteiger partial charge in [0, 0.05) is 5.56 Å². The number of nitrogen functional groups attached to an aromatic ring is 1. The Hall–Kier alpha value is -2.83. The van der Waals surface area contributed by atoms with E-state index in [1.807, 2.05) is 13.8 Å². The summed E-state index contributed by atoms with van der Waals surface area (Å²) in [6.45, 7) is 4.12. The van der Waals surface area contributed by atoms with Crippen molar-refractivity contribution >= 4 is 16.9 Å². The number of aromatic nitrogens is 3. The first-order valence-electron chi connectivity index (χ1n) is 7.16. The van der Waals surface area contributed by atoms with Gasteiger partial charge in [0.25, 0.3) is 0 Å². The van der Waals surface area contributed by atoms with Gasteiger partial charge in [-0.2, -0.15) is 5.10 Å². The molecule has 2 aromatic heterocycles. The molecule has 1 aromatic carbocycles. The Bertz CT molecular complexity index is 842. The Morgan fingerprint density at radius 2 is 1.96 bits per heavy atom. The highest BCUT2D eigenvalue weighted by atomic mass is 19.1. The van der Waals surface area contributed by atoms with Crippen molar-refractivity contribution in [3.63, 3.8) is 0 Å². The van der Waals surface area contributed by atoms with Crippen LogP contribution in [0.15, 0.2) is 36.5 Å². The number of nitrogens with one attached hydrogen (secondary N) is 1. The van der Waals surface area contributed by atoms with Crippen LogP contribution in [0.5, 0.6) is 0 Å². The monoisotopic (exact) mass is 317 g/mol. The smallest absolute Gasteiger partial charge is 0.159 e. The third kappa shape index (κ3) is 3.33. The second-order valence-electron chi connectivity index (χ2n) is 4.54. The second-order valence-corrected chi connectivity index (χ2v) is 4.54. The Morgan fingerprint density at radius 1 is 1.26 bits per heavy atom. The number of pyridine rings is 1. The molecule has 3 N–H and O–H groups in total. The SMILES string of the molecule is CC.N=C(N)c1nn(Cc2ccccc2F)c2ncc(F)cc12. The summed E-state index contributed by atoms with van der Waals surface area (Å²) < 4.78 is 28.4. The number of amidine groups is 1. The Morgan fingerprint density at radius 3 is 2.61 bits per heavy atom. The molecule has 5 nitrogen and oxygen atoms in total. The molecule has 0 fully saturated rings. The maximum absolute atomic E-state index is 13.7. The molecule has 2 heterocycles. The molecular weight excluding hydrogens is 300 g/mol. The zero-order chi connectivity index (χ0) is 17.0. The summed E-state index contributed by atoms with van der Waals surface area (Å²) >= 11 is 0. The number of hydrogen-bond acceptors (Lipinski definition) is 3. The molecule has 3 aromatic rings. The molecule has 0 saturated heterocycles. The van der Waals surface area contributed by atoms with Gasteiger partial charge in [0.15, 0.2) is 5.65 Å². The van der Waals surface area contributed by atoms with Gasteiger partial charge in [0.2, 0.25) is 0 Å². The first-order chi connectivity index (χ1) is 11.1. The average molecular weight is 317 g/mol. The summed E-state index contributed by atoms with van der Waals surface area (Å²) in [5, 5.41) is 12.0. The molecule has 0 unspecified atom stereocenters. The van der Waals surface area contributed by atoms with Crippen LogP contribution in [0.1, 0.15) is 25.1 Å². The molecule has 0 bridgehead atoms. The third-order valence-electron chi connectivity index (χ3n) is 3.09. The summed E-state index contributed by atoms with van der Waals surface area (Å²) in [6, 6.07) is 7.49. The lowest BCUT2D eigenvalue weighted by molar-refractivity contribution is 0.588. The van der Waals surface area contributed by atoms with E-state index in [0.29, 0.717) is 16.6 Å². The van der Waals surface area contributed by atoms with Crippen LogP contribution in [0.4, 0.5) is 8.78 Å². The van der Waals surface area contributed by atoms with E-state index in [9.17, 15) is 8.78 Å². The lowest BCUT2D eigenvalue weighted by Crippen LogP contribution is -2.13. The average Bonchev–Trinajstić information content (AvgIpc) is 2.89. The Kier molecular flexibility index (Phi) is 5.00. The van der Waals surface area contributed by atoms with Crippen molar-refractivity contribution in [3.05, 3.63) is 59.4 Å². The van der Waals surface area contributed by atoms with Gasteiger partial charge in [-0.1, -0.05) is 32.0 Å². The minimum atomic E-state index is -0.546. The van der Waals surface area contributed by atoms with E-state index < -0.39 is 5.82 Å². The van der Waals surface area contributed by atoms with Gasteiger partial charge in [-0.05, 0) is 12.1 Å². The predicted octanol–water partition coefficient (Wildman–Crippen LogP) is 3.07. The molecule has 0 saturated carbocycles. The van der Waals surface area contributed by atoms with Crippen LogP contribution < -0.4 is 5.73 Å². The number of halogens is 2. The van der Waals surface area contributed by atoms with Crippen LogP contribution in [0.25, 0.3) is 11.0 Å². The normalized spacial score (nSPS) is 10.3. The standard InChI is InChI=1S/C14H11F2N5.C2H6/c15-9-5-10-12(13(17)18)20-21(14(10)19-6-9)7-8-3-1-2-4-11(8)16;1-2/h1-6H,7H2,(H3,17,18);1-2H3. The van der Waals surface area contributed by atoms with E-state index in [0.717, 1.165) is 6.20 Å². The molecule has 0 aliphatic carbocycles. The highest BCUT2D eigenvalue weighted by Gasteiger charge is 2.15. The second kappa shape index (κ2) is 6.95. The third-order valence-corrected chi connectivity index (χ3v) is 3.09. The van der Waals surface area contributed by atoms with Gasteiger partial charge in [-0.15, -0.1) is 0 Å². The molecule has 3 rings (SSSR count). The van der Waals surface area contributed by atoms with Gasteiger partial charge in [0.1, 0.15) is 23.2 Å². The fraction of sp³-hybridized carbons (Fsp3) is 0.188. The molecule has 0 aliphatic heterocycles. The molecular formula is C16H17F2N5. The lowest BCUT2D eigenvalue weighted by Gasteiger charge is -2.04. The molecule has 0 amide bonds. The van der Waals surface area contributed by atoms with Gasteiger partial charge in [-0.25, -0.2) is 18.4 Å². The summed E-state index contributed by atoms with van der Waals surface area (Å²) in [7, 11) is 0. The number of nitrogens with two attached hydrogens (primary N) is 1. The van der Waals surface area contributed by atoms with Crippen LogP contribution in [-0.4, -0.2) is 20.6 Å². The number of nitrogens with zero attached hydrogens (tertiary/aromatic N) is 3. The first-order valence-corrected chi connectivity index (χ1v) is 7.16. The Labute approximate surface area is 132 Å². The van der Waals surface area contributed by atoms with Crippen molar-refractivity contribution in [1.82, 2.24) is 14.8 Å². The summed E-state index contributed by atoms with van der Waals surface area (Å²) in [4.78, 5) is 3.96. The van der Waals surface area contributed by atoms with Gasteiger partial charge >= 0.3 is 0 Å². The molecule has 120 valence electrons. The lowest BCUT2D eigenvalue weighted by atomic mass is 10.2. The zero-order valence-corrected chi connectivity index (χ0v) is 12.8. The highest BCUT2D eigenvalue weighted by molar-refractivity contribution is 6.04. The minimum Gasteiger partial charge on any atom is -0.382 e. The van der Waals surface area contributed by atoms with Crippen LogP contribution in [0.3, 0.4) is 0 Å². The molecule has 0 radical (unpaired) electrons. The van der Waals surface area contributed by atoms with Crippen molar-refractivity contribution in [2.75, 3.05) is 0 Å². The van der Waals surface area contributed by atoms with Gasteiger partial charge in [0.05, 0.1) is 18.1 Å². The summed E-state index contributed by atoms with van der Waals surface area (Å²) in [5.41, 5.74) is 6.35. The summed E-state index contributed by atoms with van der Waals surface area (Å²) in [6.07, 6.45) is 1.05. The number of rotatable bonds is 3. The molecule has 0 aliphatic rings. The molecule has 7 heteroatoms. The first kappa shape index (κ1) is 16.5. The fourth-order valence-electron chi connectivity index (χ4n) is 2.13. The van der Waals surface area contributed by atoms with E-state index >= 15 is 0 Å². The van der Waals surface area contributed by atoms with Crippen molar-refractivity contribution in [2.24, 2.45) is 5.73 Å². The van der Waals surface area contributed by atoms with Gasteiger partial charge in [-0.3, -0.25) is 5.41 Å². The van der Waals surface area contributed by atoms with Crippen LogP contribution in [0.2, 0.25) is 0 Å². The van der Waals surface area contributed by atoms with Crippen molar-refractivity contribution in [3.8, 4) is 0 Å². The molecule has 0 spiro atoms.